The molecule has 6 heteroatoms. The maximum atomic E-state index is 12.9. The van der Waals surface area contributed by atoms with E-state index in [1.807, 2.05) is 19.1 Å². The molecule has 0 bridgehead atoms. The summed E-state index contributed by atoms with van der Waals surface area (Å²) >= 11 is 0. The van der Waals surface area contributed by atoms with Crippen LogP contribution in [0, 0.1) is 12.8 Å². The Kier molecular flexibility index (Phi) is 7.35. The van der Waals surface area contributed by atoms with E-state index in [0.29, 0.717) is 22.7 Å². The zero-order valence-corrected chi connectivity index (χ0v) is 19.9. The van der Waals surface area contributed by atoms with E-state index in [-0.39, 0.29) is 17.7 Å². The molecule has 2 aromatic rings. The number of amides is 1. The molecule has 0 aromatic heterocycles. The quantitative estimate of drug-likeness (QED) is 0.615. The van der Waals surface area contributed by atoms with E-state index in [9.17, 15) is 13.2 Å². The number of sulfone groups is 1. The molecule has 1 unspecified atom stereocenters. The highest BCUT2D eigenvalue weighted by Gasteiger charge is 2.29. The van der Waals surface area contributed by atoms with E-state index in [4.69, 9.17) is 0 Å². The topological polar surface area (TPSA) is 75.3 Å². The van der Waals surface area contributed by atoms with Crippen LogP contribution in [0.2, 0.25) is 0 Å². The largest absolute Gasteiger partial charge is 0.382 e. The fourth-order valence-corrected chi connectivity index (χ4v) is 3.87. The van der Waals surface area contributed by atoms with Gasteiger partial charge in [0.25, 0.3) is 5.91 Å². The molecule has 0 aliphatic carbocycles. The van der Waals surface area contributed by atoms with Gasteiger partial charge in [0.2, 0.25) is 0 Å². The number of hydrogen-bond acceptors (Lipinski definition) is 4. The molecule has 30 heavy (non-hydrogen) atoms. The Bertz CT molecular complexity index is 1010. The molecule has 0 aliphatic heterocycles. The van der Waals surface area contributed by atoms with Crippen LogP contribution < -0.4 is 10.6 Å². The first-order valence-electron chi connectivity index (χ1n) is 10.3. The van der Waals surface area contributed by atoms with E-state index < -0.39 is 14.6 Å². The van der Waals surface area contributed by atoms with Gasteiger partial charge in [-0.1, -0.05) is 32.0 Å². The van der Waals surface area contributed by atoms with Crippen LogP contribution in [-0.4, -0.2) is 25.1 Å². The van der Waals surface area contributed by atoms with Crippen molar-refractivity contribution in [2.45, 2.75) is 65.0 Å². The first-order valence-corrected chi connectivity index (χ1v) is 12.0. The van der Waals surface area contributed by atoms with Crippen LogP contribution in [0.4, 0.5) is 11.4 Å². The molecule has 2 aromatic carbocycles. The summed E-state index contributed by atoms with van der Waals surface area (Å²) in [6.45, 7) is 13.4. The molecule has 1 amide bonds. The van der Waals surface area contributed by atoms with Crippen molar-refractivity contribution in [1.82, 2.24) is 0 Å². The average molecular weight is 431 g/mol. The summed E-state index contributed by atoms with van der Waals surface area (Å²) in [6, 6.07) is 12.9. The first-order chi connectivity index (χ1) is 13.8. The summed E-state index contributed by atoms with van der Waals surface area (Å²) < 4.78 is 24.2. The van der Waals surface area contributed by atoms with E-state index in [1.54, 1.807) is 51.1 Å². The van der Waals surface area contributed by atoms with Gasteiger partial charge in [-0.3, -0.25) is 4.79 Å². The Labute approximate surface area is 181 Å². The molecule has 2 rings (SSSR count). The van der Waals surface area contributed by atoms with Crippen LogP contribution in [0.1, 0.15) is 63.0 Å². The second-order valence-corrected chi connectivity index (χ2v) is 11.9. The normalized spacial score (nSPS) is 13.2. The van der Waals surface area contributed by atoms with Crippen LogP contribution >= 0.6 is 0 Å². The standard InChI is InChI=1S/C24H34N2O3S/c1-16(2)18(4)25-22-13-9-12-21(17(22)3)23(27)26-20-11-8-10-19(14-20)15-30(28,29)24(5,6)7/h8-14,16,18,25H,15H2,1-7H3,(H,26,27). The Morgan fingerprint density at radius 1 is 1.03 bits per heavy atom. The maximum Gasteiger partial charge on any atom is 0.256 e. The molecule has 0 heterocycles. The second kappa shape index (κ2) is 9.21. The lowest BCUT2D eigenvalue weighted by Crippen LogP contribution is -2.29. The van der Waals surface area contributed by atoms with Gasteiger partial charge in [0.1, 0.15) is 0 Å². The van der Waals surface area contributed by atoms with Crippen molar-refractivity contribution in [3.63, 3.8) is 0 Å². The highest BCUT2D eigenvalue weighted by atomic mass is 32.2. The zero-order valence-electron chi connectivity index (χ0n) is 19.0. The lowest BCUT2D eigenvalue weighted by molar-refractivity contribution is 0.102. The fourth-order valence-electron chi connectivity index (χ4n) is 2.82. The van der Waals surface area contributed by atoms with Crippen LogP contribution in [0.3, 0.4) is 0 Å². The highest BCUT2D eigenvalue weighted by Crippen LogP contribution is 2.24. The summed E-state index contributed by atoms with van der Waals surface area (Å²) in [5.41, 5.74) is 3.64. The van der Waals surface area contributed by atoms with Crippen molar-refractivity contribution < 1.29 is 13.2 Å². The van der Waals surface area contributed by atoms with Crippen molar-refractivity contribution in [1.29, 1.82) is 0 Å². The fraction of sp³-hybridized carbons (Fsp3) is 0.458. The highest BCUT2D eigenvalue weighted by molar-refractivity contribution is 7.91. The first kappa shape index (κ1) is 23.9. The third-order valence-electron chi connectivity index (χ3n) is 5.44. The molecule has 2 N–H and O–H groups in total. The molecule has 0 saturated carbocycles. The van der Waals surface area contributed by atoms with Gasteiger partial charge < -0.3 is 10.6 Å². The molecular formula is C24H34N2O3S. The minimum absolute atomic E-state index is 0.0638. The Morgan fingerprint density at radius 2 is 1.67 bits per heavy atom. The monoisotopic (exact) mass is 430 g/mol. The minimum atomic E-state index is -3.30. The number of hydrogen-bond donors (Lipinski definition) is 2. The number of benzene rings is 2. The average Bonchev–Trinajstić information content (AvgIpc) is 2.62. The summed E-state index contributed by atoms with van der Waals surface area (Å²) in [6.07, 6.45) is 0. The van der Waals surface area contributed by atoms with E-state index in [1.165, 1.54) is 0 Å². The van der Waals surface area contributed by atoms with Gasteiger partial charge in [-0.05, 0) is 75.9 Å². The maximum absolute atomic E-state index is 12.9. The lowest BCUT2D eigenvalue weighted by atomic mass is 10.0. The molecule has 0 aliphatic rings. The van der Waals surface area contributed by atoms with Gasteiger partial charge in [-0.2, -0.15) is 0 Å². The summed E-state index contributed by atoms with van der Waals surface area (Å²) in [5, 5.41) is 6.38. The van der Waals surface area contributed by atoms with E-state index in [2.05, 4.69) is 31.4 Å². The Balaban J connectivity index is 2.21. The third kappa shape index (κ3) is 5.85. The Morgan fingerprint density at radius 3 is 2.27 bits per heavy atom. The van der Waals surface area contributed by atoms with Gasteiger partial charge >= 0.3 is 0 Å². The van der Waals surface area contributed by atoms with Gasteiger partial charge in [0.05, 0.1) is 10.5 Å². The summed E-state index contributed by atoms with van der Waals surface area (Å²) in [4.78, 5) is 12.9. The summed E-state index contributed by atoms with van der Waals surface area (Å²) in [5.74, 6) is 0.185. The predicted molar refractivity (Wildman–Crippen MR) is 126 cm³/mol. The minimum Gasteiger partial charge on any atom is -0.382 e. The summed E-state index contributed by atoms with van der Waals surface area (Å²) in [7, 11) is -3.30. The van der Waals surface area contributed by atoms with Crippen molar-refractivity contribution >= 4 is 27.1 Å². The Hall–Kier alpha value is -2.34. The second-order valence-electron chi connectivity index (χ2n) is 9.18. The van der Waals surface area contributed by atoms with Crippen molar-refractivity contribution in [3.8, 4) is 0 Å². The van der Waals surface area contributed by atoms with E-state index in [0.717, 1.165) is 11.3 Å². The van der Waals surface area contributed by atoms with E-state index >= 15 is 0 Å². The third-order valence-corrected chi connectivity index (χ3v) is 8.02. The van der Waals surface area contributed by atoms with Gasteiger partial charge in [-0.15, -0.1) is 0 Å². The van der Waals surface area contributed by atoms with Crippen molar-refractivity contribution in [2.24, 2.45) is 5.92 Å². The van der Waals surface area contributed by atoms with Crippen LogP contribution in [0.25, 0.3) is 0 Å². The van der Waals surface area contributed by atoms with Gasteiger partial charge in [0.15, 0.2) is 9.84 Å². The molecular weight excluding hydrogens is 396 g/mol. The number of nitrogens with one attached hydrogen (secondary N) is 2. The molecule has 0 spiro atoms. The van der Waals surface area contributed by atoms with Gasteiger partial charge in [0, 0.05) is 23.0 Å². The molecule has 0 fully saturated rings. The molecule has 0 radical (unpaired) electrons. The number of carbonyl (C=O) groups is 1. The number of carbonyl (C=O) groups excluding carboxylic acids is 1. The predicted octanol–water partition coefficient (Wildman–Crippen LogP) is 5.42. The molecule has 1 atom stereocenters. The van der Waals surface area contributed by atoms with Crippen LogP contribution in [0.15, 0.2) is 42.5 Å². The number of anilines is 2. The molecule has 0 saturated heterocycles. The smallest absolute Gasteiger partial charge is 0.256 e. The van der Waals surface area contributed by atoms with Gasteiger partial charge in [-0.25, -0.2) is 8.42 Å². The SMILES string of the molecule is Cc1c(NC(C)C(C)C)cccc1C(=O)Nc1cccc(CS(=O)(=O)C(C)(C)C)c1. The molecule has 164 valence electrons. The van der Waals surface area contributed by atoms with Crippen molar-refractivity contribution in [3.05, 3.63) is 59.2 Å². The van der Waals surface area contributed by atoms with Crippen LogP contribution in [0.5, 0.6) is 0 Å². The number of rotatable bonds is 7. The lowest BCUT2D eigenvalue weighted by Gasteiger charge is -2.21. The van der Waals surface area contributed by atoms with Crippen molar-refractivity contribution in [2.75, 3.05) is 10.6 Å². The van der Waals surface area contributed by atoms with Crippen LogP contribution in [-0.2, 0) is 15.6 Å². The molecule has 5 nitrogen and oxygen atoms in total. The zero-order chi connectivity index (χ0) is 22.7.